The Labute approximate surface area is 166 Å². The van der Waals surface area contributed by atoms with Gasteiger partial charge >= 0.3 is 12.7 Å². The van der Waals surface area contributed by atoms with Crippen LogP contribution in [0.3, 0.4) is 0 Å². The molecule has 0 fully saturated rings. The fourth-order valence-corrected chi connectivity index (χ4v) is 2.87. The SMILES string of the molecule is Cc1nc(N)c(-c2cccc(OC(F)(F)F)c2)cc1-c1cccc(OC(F)(F)F)c1. The van der Waals surface area contributed by atoms with Crippen LogP contribution in [0.5, 0.6) is 11.5 Å². The molecule has 1 heterocycles. The third-order valence-corrected chi connectivity index (χ3v) is 4.00. The van der Waals surface area contributed by atoms with Crippen LogP contribution in [0.2, 0.25) is 0 Å². The monoisotopic (exact) mass is 428 g/mol. The maximum absolute atomic E-state index is 12.5. The Hall–Kier alpha value is -3.43. The lowest BCUT2D eigenvalue weighted by atomic mass is 9.98. The molecule has 158 valence electrons. The number of rotatable bonds is 4. The number of halogens is 6. The molecule has 0 spiro atoms. The van der Waals surface area contributed by atoms with Crippen LogP contribution < -0.4 is 15.2 Å². The van der Waals surface area contributed by atoms with E-state index in [9.17, 15) is 26.3 Å². The van der Waals surface area contributed by atoms with E-state index < -0.39 is 24.2 Å². The number of pyridine rings is 1. The zero-order chi connectivity index (χ0) is 22.1. The van der Waals surface area contributed by atoms with E-state index in [0.717, 1.165) is 18.2 Å². The second-order valence-electron chi connectivity index (χ2n) is 6.21. The molecular formula is C20H14F6N2O2. The Morgan fingerprint density at radius 3 is 1.67 bits per heavy atom. The van der Waals surface area contributed by atoms with Crippen LogP contribution in [0.25, 0.3) is 22.3 Å². The third kappa shape index (κ3) is 5.34. The maximum Gasteiger partial charge on any atom is 0.573 e. The topological polar surface area (TPSA) is 57.4 Å². The van der Waals surface area contributed by atoms with Gasteiger partial charge in [-0.05, 0) is 48.4 Å². The summed E-state index contributed by atoms with van der Waals surface area (Å²) in [7, 11) is 0. The molecule has 2 aromatic carbocycles. The molecule has 3 rings (SSSR count). The first-order chi connectivity index (χ1) is 13.9. The van der Waals surface area contributed by atoms with E-state index >= 15 is 0 Å². The molecule has 1 aromatic heterocycles. The molecule has 0 saturated heterocycles. The highest BCUT2D eigenvalue weighted by molar-refractivity contribution is 5.81. The zero-order valence-corrected chi connectivity index (χ0v) is 15.3. The molecule has 0 aliphatic heterocycles. The molecule has 3 aromatic rings. The minimum absolute atomic E-state index is 0.0445. The molecule has 10 heteroatoms. The summed E-state index contributed by atoms with van der Waals surface area (Å²) < 4.78 is 82.9. The number of nitrogens with two attached hydrogens (primary N) is 1. The Kier molecular flexibility index (Phi) is 5.51. The fourth-order valence-electron chi connectivity index (χ4n) is 2.87. The second kappa shape index (κ2) is 7.77. The summed E-state index contributed by atoms with van der Waals surface area (Å²) >= 11 is 0. The quantitative estimate of drug-likeness (QED) is 0.510. The summed E-state index contributed by atoms with van der Waals surface area (Å²) in [5.41, 5.74) is 7.76. The Morgan fingerprint density at radius 2 is 1.20 bits per heavy atom. The maximum atomic E-state index is 12.5. The molecule has 0 aliphatic rings. The number of alkyl halides is 6. The van der Waals surface area contributed by atoms with Crippen molar-refractivity contribution in [3.63, 3.8) is 0 Å². The number of nitrogen functional groups attached to an aromatic ring is 1. The van der Waals surface area contributed by atoms with Crippen molar-refractivity contribution in [1.29, 1.82) is 0 Å². The lowest BCUT2D eigenvalue weighted by molar-refractivity contribution is -0.275. The van der Waals surface area contributed by atoms with Gasteiger partial charge in [-0.3, -0.25) is 0 Å². The van der Waals surface area contributed by atoms with Crippen molar-refractivity contribution < 1.29 is 35.8 Å². The van der Waals surface area contributed by atoms with E-state index in [2.05, 4.69) is 14.5 Å². The van der Waals surface area contributed by atoms with Gasteiger partial charge in [0.1, 0.15) is 17.3 Å². The molecule has 0 saturated carbocycles. The zero-order valence-electron chi connectivity index (χ0n) is 15.3. The van der Waals surface area contributed by atoms with Crippen molar-refractivity contribution in [1.82, 2.24) is 4.98 Å². The number of aromatic nitrogens is 1. The van der Waals surface area contributed by atoms with Crippen molar-refractivity contribution in [3.8, 4) is 33.8 Å². The standard InChI is InChI=1S/C20H14F6N2O2/c1-11-16(12-4-2-6-14(8-12)29-19(21,22)23)10-17(18(27)28-11)13-5-3-7-15(9-13)30-20(24,25)26/h2-10H,1H3,(H2,27,28). The molecule has 0 amide bonds. The molecule has 0 aliphatic carbocycles. The minimum atomic E-state index is -4.86. The summed E-state index contributed by atoms with van der Waals surface area (Å²) in [5.74, 6) is -0.816. The Morgan fingerprint density at radius 1 is 0.733 bits per heavy atom. The fraction of sp³-hybridized carbons (Fsp3) is 0.150. The number of ether oxygens (including phenoxy) is 2. The van der Waals surface area contributed by atoms with E-state index in [4.69, 9.17) is 5.73 Å². The van der Waals surface area contributed by atoms with Gasteiger partial charge in [0.25, 0.3) is 0 Å². The van der Waals surface area contributed by atoms with Gasteiger partial charge in [-0.25, -0.2) is 4.98 Å². The van der Waals surface area contributed by atoms with Crippen LogP contribution in [-0.4, -0.2) is 17.7 Å². The predicted molar refractivity (Wildman–Crippen MR) is 97.6 cm³/mol. The van der Waals surface area contributed by atoms with Crippen molar-refractivity contribution in [2.45, 2.75) is 19.6 Å². The summed E-state index contributed by atoms with van der Waals surface area (Å²) in [4.78, 5) is 4.19. The van der Waals surface area contributed by atoms with E-state index in [1.807, 2.05) is 0 Å². The van der Waals surface area contributed by atoms with Crippen LogP contribution >= 0.6 is 0 Å². The van der Waals surface area contributed by atoms with Gasteiger partial charge in [0.2, 0.25) is 0 Å². The van der Waals surface area contributed by atoms with Gasteiger partial charge < -0.3 is 15.2 Å². The summed E-state index contributed by atoms with van der Waals surface area (Å²) in [5, 5.41) is 0. The van der Waals surface area contributed by atoms with Gasteiger partial charge in [0.15, 0.2) is 0 Å². The predicted octanol–water partition coefficient (Wildman–Crippen LogP) is 6.10. The smallest absolute Gasteiger partial charge is 0.406 e. The van der Waals surface area contributed by atoms with Gasteiger partial charge in [0, 0.05) is 16.8 Å². The number of hydrogen-bond donors (Lipinski definition) is 1. The Balaban J connectivity index is 2.04. The van der Waals surface area contributed by atoms with Crippen molar-refractivity contribution >= 4 is 5.82 Å². The van der Waals surface area contributed by atoms with Gasteiger partial charge in [-0.1, -0.05) is 24.3 Å². The first-order valence-corrected chi connectivity index (χ1v) is 8.41. The van der Waals surface area contributed by atoms with Crippen LogP contribution in [0.1, 0.15) is 5.69 Å². The number of anilines is 1. The summed E-state index contributed by atoms with van der Waals surface area (Å²) in [6.07, 6.45) is -9.71. The van der Waals surface area contributed by atoms with E-state index in [-0.39, 0.29) is 5.82 Å². The van der Waals surface area contributed by atoms with E-state index in [0.29, 0.717) is 27.9 Å². The Bertz CT molecular complexity index is 983. The van der Waals surface area contributed by atoms with E-state index in [1.165, 1.54) is 30.3 Å². The molecular weight excluding hydrogens is 414 g/mol. The van der Waals surface area contributed by atoms with Gasteiger partial charge in [-0.2, -0.15) is 0 Å². The molecule has 2 N–H and O–H groups in total. The molecule has 0 radical (unpaired) electrons. The highest BCUT2D eigenvalue weighted by Crippen LogP contribution is 2.36. The molecule has 4 nitrogen and oxygen atoms in total. The van der Waals surface area contributed by atoms with Gasteiger partial charge in [-0.15, -0.1) is 26.3 Å². The summed E-state index contributed by atoms with van der Waals surface area (Å²) in [6.45, 7) is 1.61. The highest BCUT2D eigenvalue weighted by Gasteiger charge is 2.32. The van der Waals surface area contributed by atoms with Gasteiger partial charge in [0.05, 0.1) is 0 Å². The van der Waals surface area contributed by atoms with Crippen LogP contribution in [0.4, 0.5) is 32.2 Å². The van der Waals surface area contributed by atoms with Crippen molar-refractivity contribution in [2.75, 3.05) is 5.73 Å². The normalized spacial score (nSPS) is 12.0. The number of aryl methyl sites for hydroxylation is 1. The van der Waals surface area contributed by atoms with Crippen LogP contribution in [0.15, 0.2) is 54.6 Å². The van der Waals surface area contributed by atoms with E-state index in [1.54, 1.807) is 13.0 Å². The average molecular weight is 428 g/mol. The lowest BCUT2D eigenvalue weighted by Crippen LogP contribution is -2.17. The number of hydrogen-bond acceptors (Lipinski definition) is 4. The van der Waals surface area contributed by atoms with Crippen LogP contribution in [-0.2, 0) is 0 Å². The molecule has 0 bridgehead atoms. The van der Waals surface area contributed by atoms with Crippen molar-refractivity contribution in [3.05, 3.63) is 60.3 Å². The summed E-state index contributed by atoms with van der Waals surface area (Å²) in [6, 6.07) is 11.9. The third-order valence-electron chi connectivity index (χ3n) is 4.00. The first kappa shape index (κ1) is 21.3. The highest BCUT2D eigenvalue weighted by atomic mass is 19.4. The first-order valence-electron chi connectivity index (χ1n) is 8.41. The second-order valence-corrected chi connectivity index (χ2v) is 6.21. The molecule has 0 unspecified atom stereocenters. The average Bonchev–Trinajstić information content (AvgIpc) is 2.59. The number of nitrogens with zero attached hydrogens (tertiary/aromatic N) is 1. The molecule has 0 atom stereocenters. The molecule has 30 heavy (non-hydrogen) atoms. The minimum Gasteiger partial charge on any atom is -0.406 e. The lowest BCUT2D eigenvalue weighted by Gasteiger charge is -2.14. The van der Waals surface area contributed by atoms with Crippen molar-refractivity contribution in [2.24, 2.45) is 0 Å². The largest absolute Gasteiger partial charge is 0.573 e. The number of benzene rings is 2. The van der Waals surface area contributed by atoms with Crippen LogP contribution in [0, 0.1) is 6.92 Å².